The summed E-state index contributed by atoms with van der Waals surface area (Å²) < 4.78 is 10.9. The molecule has 1 aromatic rings. The molecular weight excluding hydrogens is 284 g/mol. The van der Waals surface area contributed by atoms with Gasteiger partial charge < -0.3 is 19.7 Å². The van der Waals surface area contributed by atoms with Gasteiger partial charge in [-0.05, 0) is 24.6 Å². The van der Waals surface area contributed by atoms with Crippen LogP contribution in [0.5, 0.6) is 5.75 Å². The molecule has 6 nitrogen and oxygen atoms in total. The summed E-state index contributed by atoms with van der Waals surface area (Å²) in [5.74, 6) is 0.671. The summed E-state index contributed by atoms with van der Waals surface area (Å²) in [6.07, 6.45) is 0.978. The number of likely N-dealkylation sites (tertiary alicyclic amines) is 1. The lowest BCUT2D eigenvalue weighted by molar-refractivity contribution is -0.136. The molecule has 0 unspecified atom stereocenters. The van der Waals surface area contributed by atoms with Crippen LogP contribution in [0.1, 0.15) is 18.4 Å². The minimum atomic E-state index is -0.425. The van der Waals surface area contributed by atoms with Gasteiger partial charge in [0.05, 0.1) is 6.54 Å². The number of nitrogens with one attached hydrogen (secondary N) is 1. The number of amides is 2. The molecule has 2 saturated heterocycles. The third-order valence-corrected chi connectivity index (χ3v) is 4.24. The molecule has 2 heterocycles. The van der Waals surface area contributed by atoms with Crippen LogP contribution in [0.3, 0.4) is 0 Å². The van der Waals surface area contributed by atoms with Crippen molar-refractivity contribution in [3.63, 3.8) is 0 Å². The summed E-state index contributed by atoms with van der Waals surface area (Å²) in [5.41, 5.74) is 0.672. The van der Waals surface area contributed by atoms with Crippen LogP contribution in [0, 0.1) is 6.92 Å². The molecule has 2 fully saturated rings. The fourth-order valence-electron chi connectivity index (χ4n) is 2.89. The molecule has 2 aliphatic rings. The van der Waals surface area contributed by atoms with Crippen molar-refractivity contribution < 1.29 is 19.1 Å². The summed E-state index contributed by atoms with van der Waals surface area (Å²) in [6.45, 7) is 3.73. The molecule has 22 heavy (non-hydrogen) atoms. The zero-order chi connectivity index (χ0) is 15.6. The van der Waals surface area contributed by atoms with Gasteiger partial charge >= 0.3 is 6.09 Å². The first kappa shape index (κ1) is 14.7. The van der Waals surface area contributed by atoms with E-state index in [-0.39, 0.29) is 18.6 Å². The van der Waals surface area contributed by atoms with Crippen LogP contribution in [0.25, 0.3) is 0 Å². The van der Waals surface area contributed by atoms with Gasteiger partial charge in [0.2, 0.25) is 0 Å². The standard InChI is InChI=1S/C16H20N2O4/c1-12-3-2-4-13(9-12)21-10-14(19)18-7-5-16(6-8-18)11-17-15(20)22-16/h2-4,9H,5-8,10-11H2,1H3,(H,17,20). The minimum absolute atomic E-state index is 0.0337. The molecular formula is C16H20N2O4. The van der Waals surface area contributed by atoms with Crippen molar-refractivity contribution in [2.45, 2.75) is 25.4 Å². The van der Waals surface area contributed by atoms with Gasteiger partial charge in [-0.1, -0.05) is 12.1 Å². The van der Waals surface area contributed by atoms with Crippen LogP contribution in [0.4, 0.5) is 4.79 Å². The van der Waals surface area contributed by atoms with Crippen LogP contribution >= 0.6 is 0 Å². The molecule has 2 aliphatic heterocycles. The maximum absolute atomic E-state index is 12.2. The monoisotopic (exact) mass is 304 g/mol. The van der Waals surface area contributed by atoms with Gasteiger partial charge in [-0.3, -0.25) is 4.79 Å². The molecule has 0 atom stereocenters. The summed E-state index contributed by atoms with van der Waals surface area (Å²) in [4.78, 5) is 25.2. The van der Waals surface area contributed by atoms with E-state index in [4.69, 9.17) is 9.47 Å². The first-order chi connectivity index (χ1) is 10.6. The highest BCUT2D eigenvalue weighted by Crippen LogP contribution is 2.29. The second-order valence-electron chi connectivity index (χ2n) is 5.91. The van der Waals surface area contributed by atoms with Gasteiger partial charge in [0.25, 0.3) is 5.91 Å². The fraction of sp³-hybridized carbons (Fsp3) is 0.500. The Balaban J connectivity index is 1.49. The first-order valence-corrected chi connectivity index (χ1v) is 7.50. The predicted molar refractivity (Wildman–Crippen MR) is 79.7 cm³/mol. The number of piperidine rings is 1. The average Bonchev–Trinajstić information content (AvgIpc) is 2.86. The van der Waals surface area contributed by atoms with E-state index in [1.165, 1.54) is 0 Å². The third-order valence-electron chi connectivity index (χ3n) is 4.24. The number of aryl methyl sites for hydroxylation is 1. The molecule has 6 heteroatoms. The van der Waals surface area contributed by atoms with Crippen LogP contribution in [0.15, 0.2) is 24.3 Å². The molecule has 118 valence electrons. The van der Waals surface area contributed by atoms with Crippen molar-refractivity contribution in [3.05, 3.63) is 29.8 Å². The van der Waals surface area contributed by atoms with Crippen molar-refractivity contribution in [1.29, 1.82) is 0 Å². The van der Waals surface area contributed by atoms with E-state index < -0.39 is 5.60 Å². The zero-order valence-electron chi connectivity index (χ0n) is 12.6. The van der Waals surface area contributed by atoms with E-state index in [1.807, 2.05) is 31.2 Å². The lowest BCUT2D eigenvalue weighted by Gasteiger charge is -2.37. The normalized spacial score (nSPS) is 19.7. The van der Waals surface area contributed by atoms with Crippen molar-refractivity contribution in [1.82, 2.24) is 10.2 Å². The van der Waals surface area contributed by atoms with Gasteiger partial charge in [0.15, 0.2) is 6.61 Å². The summed E-state index contributed by atoms with van der Waals surface area (Å²) in [6, 6.07) is 7.63. The Morgan fingerprint density at radius 1 is 1.41 bits per heavy atom. The van der Waals surface area contributed by atoms with Gasteiger partial charge in [-0.15, -0.1) is 0 Å². The van der Waals surface area contributed by atoms with Gasteiger partial charge in [0.1, 0.15) is 11.4 Å². The Bertz CT molecular complexity index is 579. The maximum atomic E-state index is 12.2. The largest absolute Gasteiger partial charge is 0.484 e. The molecule has 1 spiro atoms. The van der Waals surface area contributed by atoms with Crippen LogP contribution < -0.4 is 10.1 Å². The number of hydrogen-bond donors (Lipinski definition) is 1. The number of benzene rings is 1. The smallest absolute Gasteiger partial charge is 0.407 e. The quantitative estimate of drug-likeness (QED) is 0.918. The van der Waals surface area contributed by atoms with Gasteiger partial charge in [0, 0.05) is 25.9 Å². The Labute approximate surface area is 129 Å². The number of alkyl carbamates (subject to hydrolysis) is 1. The minimum Gasteiger partial charge on any atom is -0.484 e. The van der Waals surface area contributed by atoms with E-state index in [9.17, 15) is 9.59 Å². The average molecular weight is 304 g/mol. The molecule has 0 aromatic heterocycles. The lowest BCUT2D eigenvalue weighted by Crippen LogP contribution is -2.49. The number of hydrogen-bond acceptors (Lipinski definition) is 4. The highest BCUT2D eigenvalue weighted by molar-refractivity contribution is 5.78. The topological polar surface area (TPSA) is 67.9 Å². The first-order valence-electron chi connectivity index (χ1n) is 7.50. The second-order valence-corrected chi connectivity index (χ2v) is 5.91. The Morgan fingerprint density at radius 2 is 2.18 bits per heavy atom. The Hall–Kier alpha value is -2.24. The lowest BCUT2D eigenvalue weighted by atomic mass is 9.91. The van der Waals surface area contributed by atoms with Crippen molar-refractivity contribution in [3.8, 4) is 5.75 Å². The van der Waals surface area contributed by atoms with Crippen LogP contribution in [-0.2, 0) is 9.53 Å². The fourth-order valence-corrected chi connectivity index (χ4v) is 2.89. The molecule has 3 rings (SSSR count). The van der Waals surface area contributed by atoms with E-state index in [1.54, 1.807) is 4.90 Å². The zero-order valence-corrected chi connectivity index (χ0v) is 12.6. The maximum Gasteiger partial charge on any atom is 0.407 e. The summed E-state index contributed by atoms with van der Waals surface area (Å²) in [5, 5.41) is 2.69. The molecule has 0 saturated carbocycles. The second kappa shape index (κ2) is 5.87. The third kappa shape index (κ3) is 3.16. The van der Waals surface area contributed by atoms with Crippen LogP contribution in [0.2, 0.25) is 0 Å². The highest BCUT2D eigenvalue weighted by Gasteiger charge is 2.43. The molecule has 1 aromatic carbocycles. The number of rotatable bonds is 3. The molecule has 0 bridgehead atoms. The van der Waals surface area contributed by atoms with Crippen LogP contribution in [-0.4, -0.2) is 48.7 Å². The molecule has 2 amide bonds. The SMILES string of the molecule is Cc1cccc(OCC(=O)N2CCC3(CC2)CNC(=O)O3)c1. The van der Waals surface area contributed by atoms with Crippen molar-refractivity contribution >= 4 is 12.0 Å². The van der Waals surface area contributed by atoms with Crippen molar-refractivity contribution in [2.75, 3.05) is 26.2 Å². The van der Waals surface area contributed by atoms with E-state index in [2.05, 4.69) is 5.32 Å². The predicted octanol–water partition coefficient (Wildman–Crippen LogP) is 1.47. The molecule has 0 radical (unpaired) electrons. The van der Waals surface area contributed by atoms with Gasteiger partial charge in [-0.25, -0.2) is 4.79 Å². The molecule has 0 aliphatic carbocycles. The number of carbonyl (C=O) groups is 2. The van der Waals surface area contributed by atoms with E-state index in [0.717, 1.165) is 5.56 Å². The van der Waals surface area contributed by atoms with E-state index in [0.29, 0.717) is 38.2 Å². The summed E-state index contributed by atoms with van der Waals surface area (Å²) in [7, 11) is 0. The van der Waals surface area contributed by atoms with Crippen molar-refractivity contribution in [2.24, 2.45) is 0 Å². The van der Waals surface area contributed by atoms with E-state index >= 15 is 0 Å². The number of carbonyl (C=O) groups excluding carboxylic acids is 2. The Morgan fingerprint density at radius 3 is 2.82 bits per heavy atom. The Kier molecular flexibility index (Phi) is 3.92. The highest BCUT2D eigenvalue weighted by atomic mass is 16.6. The van der Waals surface area contributed by atoms with Gasteiger partial charge in [-0.2, -0.15) is 0 Å². The number of nitrogens with zero attached hydrogens (tertiary/aromatic N) is 1. The molecule has 1 N–H and O–H groups in total. The number of ether oxygens (including phenoxy) is 2. The summed E-state index contributed by atoms with van der Waals surface area (Å²) >= 11 is 0.